The Morgan fingerprint density at radius 1 is 0.683 bits per heavy atom. The van der Waals surface area contributed by atoms with Gasteiger partial charge in [0.05, 0.1) is 49.1 Å². The predicted octanol–water partition coefficient (Wildman–Crippen LogP) is 7.91. The number of aliphatic imine (C=N–C) groups is 1. The molecule has 3 N–H and O–H groups in total. The van der Waals surface area contributed by atoms with Gasteiger partial charge in [-0.3, -0.25) is 19.8 Å². The van der Waals surface area contributed by atoms with Crippen LogP contribution in [0.3, 0.4) is 0 Å². The Morgan fingerprint density at radius 3 is 1.67 bits per heavy atom. The second kappa shape index (κ2) is 18.2. The molecule has 306 valence electrons. The van der Waals surface area contributed by atoms with Crippen LogP contribution in [0.1, 0.15) is 72.4 Å². The van der Waals surface area contributed by atoms with E-state index in [4.69, 9.17) is 9.62 Å². The zero-order valence-corrected chi connectivity index (χ0v) is 33.4. The van der Waals surface area contributed by atoms with E-state index in [1.807, 2.05) is 77.7 Å². The number of amides is 3. The number of likely N-dealkylation sites (tertiary alicyclic amines) is 2. The van der Waals surface area contributed by atoms with Crippen molar-refractivity contribution in [3.63, 3.8) is 0 Å². The molecule has 0 bridgehead atoms. The average molecular weight is 807 g/mol. The van der Waals surface area contributed by atoms with Crippen molar-refractivity contribution in [1.29, 1.82) is 0 Å². The number of alkyl carbamates (subject to hydrolysis) is 1. The number of aromatic amines is 2. The highest BCUT2D eigenvalue weighted by Gasteiger charge is 2.38. The molecule has 0 spiro atoms. The molecule has 6 aromatic rings. The number of hydrogen-bond donors (Lipinski definition) is 3. The molecule has 3 amide bonds. The summed E-state index contributed by atoms with van der Waals surface area (Å²) in [6.45, 7) is 1.17. The number of benzene rings is 4. The minimum Gasteiger partial charge on any atom is -0.453 e. The van der Waals surface area contributed by atoms with Crippen LogP contribution in [-0.2, 0) is 24.1 Å². The summed E-state index contributed by atoms with van der Waals surface area (Å²) in [4.78, 5) is 57.6. The molecule has 4 heterocycles. The highest BCUT2D eigenvalue weighted by atomic mass is 17.2. The Kier molecular flexibility index (Phi) is 12.1. The number of hydrogen-bond acceptors (Lipinski definition) is 9. The van der Waals surface area contributed by atoms with Crippen molar-refractivity contribution in [1.82, 2.24) is 35.5 Å². The second-order valence-electron chi connectivity index (χ2n) is 14.8. The van der Waals surface area contributed by atoms with Gasteiger partial charge in [0, 0.05) is 13.1 Å². The summed E-state index contributed by atoms with van der Waals surface area (Å²) in [5.74, 6) is -0.327. The highest BCUT2D eigenvalue weighted by Crippen LogP contribution is 2.37. The standard InChI is InChI=1S/C46H46N8O6/c1-58-46(57)48-43(35-13-7-4-8-14-35)45(56)54-26-10-16-41(54)39-28-37(50-52-39)33-23-19-31(20-24-33)30-17-21-32(22-18-30)36-27-38(51-49-36)40-15-9-25-53(40)44(55)42(47-29-60-59-2)34-11-5-3-6-12-34/h3-8,11-14,17-24,27-29,40-43H,9-10,15-16,25-26H2,1-2H3,(H,48,57)(H,49,51)(H,50,52)/b47-29-/t40-,41-,42-,43+/m0/s1. The first-order valence-corrected chi connectivity index (χ1v) is 20.0. The van der Waals surface area contributed by atoms with Gasteiger partial charge in [0.1, 0.15) is 6.04 Å². The normalized spacial score (nSPS) is 17.4. The molecule has 2 aromatic heterocycles. The first-order valence-electron chi connectivity index (χ1n) is 20.0. The lowest BCUT2D eigenvalue weighted by Gasteiger charge is -2.28. The van der Waals surface area contributed by atoms with E-state index in [2.05, 4.69) is 84.1 Å². The fourth-order valence-corrected chi connectivity index (χ4v) is 8.16. The minimum absolute atomic E-state index is 0.122. The Bertz CT molecular complexity index is 2420. The fourth-order valence-electron chi connectivity index (χ4n) is 8.16. The van der Waals surface area contributed by atoms with Gasteiger partial charge in [0.15, 0.2) is 6.04 Å². The molecule has 0 aliphatic carbocycles. The molecule has 14 heteroatoms. The third-order valence-corrected chi connectivity index (χ3v) is 11.2. The van der Waals surface area contributed by atoms with E-state index in [-0.39, 0.29) is 23.9 Å². The molecule has 8 rings (SSSR count). The Balaban J connectivity index is 0.927. The highest BCUT2D eigenvalue weighted by molar-refractivity contribution is 5.88. The van der Waals surface area contributed by atoms with E-state index >= 15 is 0 Å². The number of rotatable bonds is 13. The number of nitrogens with one attached hydrogen (secondary N) is 3. The SMILES string of the molecule is COO/C=N\[C@H](C(=O)N1CCC[C@H]1c1cc(-c2ccc(-c3ccc(-c4cc([C@@H]5CCCN5C(=O)[C@H](NC(=O)OC)c5ccccc5)n[nH]4)cc3)cc2)[nH]n1)c1ccccc1. The maximum Gasteiger partial charge on any atom is 0.407 e. The molecule has 2 fully saturated rings. The number of ether oxygens (including phenoxy) is 1. The third kappa shape index (κ3) is 8.54. The third-order valence-electron chi connectivity index (χ3n) is 11.2. The van der Waals surface area contributed by atoms with Gasteiger partial charge in [0.2, 0.25) is 12.3 Å². The van der Waals surface area contributed by atoms with E-state index in [1.54, 1.807) is 4.90 Å². The lowest BCUT2D eigenvalue weighted by molar-refractivity contribution is -0.188. The van der Waals surface area contributed by atoms with Gasteiger partial charge in [-0.05, 0) is 71.2 Å². The number of carbonyl (C=O) groups excluding carboxylic acids is 3. The van der Waals surface area contributed by atoms with Crippen LogP contribution in [-0.4, -0.2) is 81.8 Å². The monoisotopic (exact) mass is 806 g/mol. The fraction of sp³-hybridized carbons (Fsp3) is 0.261. The van der Waals surface area contributed by atoms with Crippen molar-refractivity contribution in [2.75, 3.05) is 27.3 Å². The van der Waals surface area contributed by atoms with Gasteiger partial charge in [0.25, 0.3) is 5.91 Å². The molecule has 2 aliphatic heterocycles. The van der Waals surface area contributed by atoms with Crippen molar-refractivity contribution in [3.8, 4) is 33.6 Å². The van der Waals surface area contributed by atoms with Crippen LogP contribution >= 0.6 is 0 Å². The number of methoxy groups -OCH3 is 1. The summed E-state index contributed by atoms with van der Waals surface area (Å²) in [7, 11) is 2.67. The van der Waals surface area contributed by atoms with E-state index in [9.17, 15) is 14.4 Å². The van der Waals surface area contributed by atoms with Crippen LogP contribution in [0.25, 0.3) is 33.6 Å². The van der Waals surface area contributed by atoms with Gasteiger partial charge in [-0.1, -0.05) is 109 Å². The zero-order valence-electron chi connectivity index (χ0n) is 33.4. The Labute approximate surface area is 347 Å². The molecule has 2 aliphatic rings. The maximum absolute atomic E-state index is 13.9. The number of H-pyrrole nitrogens is 2. The number of nitrogens with zero attached hydrogens (tertiary/aromatic N) is 5. The van der Waals surface area contributed by atoms with E-state index in [1.165, 1.54) is 14.2 Å². The average Bonchev–Trinajstić information content (AvgIpc) is 4.15. The van der Waals surface area contributed by atoms with Crippen LogP contribution in [0, 0.1) is 0 Å². The summed E-state index contributed by atoms with van der Waals surface area (Å²) >= 11 is 0. The summed E-state index contributed by atoms with van der Waals surface area (Å²) < 4.78 is 4.83. The molecular formula is C46H46N8O6. The van der Waals surface area contributed by atoms with Crippen molar-refractivity contribution in [3.05, 3.63) is 144 Å². The molecule has 4 aromatic carbocycles. The first kappa shape index (κ1) is 39.8. The molecule has 0 unspecified atom stereocenters. The van der Waals surface area contributed by atoms with Crippen LogP contribution in [0.5, 0.6) is 0 Å². The summed E-state index contributed by atoms with van der Waals surface area (Å²) in [6, 6.07) is 37.1. The molecular weight excluding hydrogens is 761 g/mol. The largest absolute Gasteiger partial charge is 0.453 e. The smallest absolute Gasteiger partial charge is 0.407 e. The van der Waals surface area contributed by atoms with Gasteiger partial charge < -0.3 is 24.7 Å². The van der Waals surface area contributed by atoms with Crippen molar-refractivity contribution >= 4 is 24.3 Å². The van der Waals surface area contributed by atoms with E-state index < -0.39 is 18.2 Å². The zero-order chi connectivity index (χ0) is 41.4. The van der Waals surface area contributed by atoms with Gasteiger partial charge in [-0.2, -0.15) is 15.1 Å². The van der Waals surface area contributed by atoms with Gasteiger partial charge in [-0.15, -0.1) is 0 Å². The van der Waals surface area contributed by atoms with Gasteiger partial charge in [-0.25, -0.2) is 9.79 Å². The summed E-state index contributed by atoms with van der Waals surface area (Å²) in [6.07, 6.45) is 3.74. The van der Waals surface area contributed by atoms with Crippen molar-refractivity contribution in [2.45, 2.75) is 49.9 Å². The van der Waals surface area contributed by atoms with Crippen molar-refractivity contribution < 1.29 is 28.9 Å². The number of aromatic nitrogens is 4. The predicted molar refractivity (Wildman–Crippen MR) is 225 cm³/mol. The Morgan fingerprint density at radius 2 is 1.17 bits per heavy atom. The molecule has 2 saturated heterocycles. The lowest BCUT2D eigenvalue weighted by Crippen LogP contribution is -2.42. The molecule has 60 heavy (non-hydrogen) atoms. The Hall–Kier alpha value is -7.06. The van der Waals surface area contributed by atoms with Crippen LogP contribution in [0.4, 0.5) is 4.79 Å². The molecule has 0 saturated carbocycles. The molecule has 0 radical (unpaired) electrons. The van der Waals surface area contributed by atoms with Crippen LogP contribution in [0.15, 0.2) is 126 Å². The maximum atomic E-state index is 13.9. The minimum atomic E-state index is -0.876. The molecule has 14 nitrogen and oxygen atoms in total. The summed E-state index contributed by atoms with van der Waals surface area (Å²) in [5.41, 5.74) is 8.80. The van der Waals surface area contributed by atoms with Gasteiger partial charge >= 0.3 is 6.09 Å². The van der Waals surface area contributed by atoms with Crippen LogP contribution in [0.2, 0.25) is 0 Å². The molecule has 4 atom stereocenters. The van der Waals surface area contributed by atoms with E-state index in [0.29, 0.717) is 18.7 Å². The van der Waals surface area contributed by atoms with Crippen molar-refractivity contribution in [2.24, 2.45) is 4.99 Å². The summed E-state index contributed by atoms with van der Waals surface area (Å²) in [5, 5.41) is 18.4. The topological polar surface area (TPSA) is 167 Å². The number of carbonyl (C=O) groups is 3. The quantitative estimate of drug-likeness (QED) is 0.0458. The second-order valence-corrected chi connectivity index (χ2v) is 14.8. The van der Waals surface area contributed by atoms with E-state index in [0.717, 1.165) is 82.7 Å². The van der Waals surface area contributed by atoms with Crippen LogP contribution < -0.4 is 5.32 Å². The first-order chi connectivity index (χ1) is 29.4. The lowest BCUT2D eigenvalue weighted by atomic mass is 10.00.